The van der Waals surface area contributed by atoms with E-state index in [0.717, 1.165) is 27.2 Å². The molecule has 90 valence electrons. The van der Waals surface area contributed by atoms with Gasteiger partial charge in [-0.15, -0.1) is 0 Å². The van der Waals surface area contributed by atoms with Crippen molar-refractivity contribution in [3.05, 3.63) is 52.5 Å². The summed E-state index contributed by atoms with van der Waals surface area (Å²) in [5, 5.41) is 5.91. The van der Waals surface area contributed by atoms with Crippen LogP contribution in [-0.2, 0) is 0 Å². The molecule has 3 rings (SSSR count). The van der Waals surface area contributed by atoms with Crippen LogP contribution in [0.25, 0.3) is 22.2 Å². The minimum Gasteiger partial charge on any atom is -0.355 e. The SMILES string of the molecule is Cc1ccc2noc(-c3ccc(Cl)cc3)c2c1C. The van der Waals surface area contributed by atoms with Gasteiger partial charge in [-0.1, -0.05) is 22.8 Å². The van der Waals surface area contributed by atoms with E-state index in [0.29, 0.717) is 0 Å². The zero-order valence-electron chi connectivity index (χ0n) is 10.2. The van der Waals surface area contributed by atoms with Crippen molar-refractivity contribution in [1.82, 2.24) is 5.16 Å². The molecule has 0 N–H and O–H groups in total. The lowest BCUT2D eigenvalue weighted by atomic mass is 10.0. The van der Waals surface area contributed by atoms with Crippen molar-refractivity contribution < 1.29 is 4.52 Å². The van der Waals surface area contributed by atoms with Gasteiger partial charge in [0.05, 0.1) is 5.39 Å². The second kappa shape index (κ2) is 4.14. The fourth-order valence-corrected chi connectivity index (χ4v) is 2.23. The smallest absolute Gasteiger partial charge is 0.174 e. The second-order valence-electron chi connectivity index (χ2n) is 4.42. The molecule has 0 aliphatic heterocycles. The van der Waals surface area contributed by atoms with Gasteiger partial charge in [-0.3, -0.25) is 0 Å². The van der Waals surface area contributed by atoms with E-state index in [1.54, 1.807) is 0 Å². The molecule has 2 nitrogen and oxygen atoms in total. The number of benzene rings is 2. The van der Waals surface area contributed by atoms with Gasteiger partial charge in [0, 0.05) is 10.6 Å². The Morgan fingerprint density at radius 1 is 1.00 bits per heavy atom. The average Bonchev–Trinajstić information content (AvgIpc) is 2.79. The minimum absolute atomic E-state index is 0.718. The van der Waals surface area contributed by atoms with Gasteiger partial charge in [0.15, 0.2) is 5.76 Å². The van der Waals surface area contributed by atoms with Gasteiger partial charge in [-0.25, -0.2) is 0 Å². The molecule has 0 unspecified atom stereocenters. The van der Waals surface area contributed by atoms with Crippen molar-refractivity contribution in [3.8, 4) is 11.3 Å². The first-order valence-electron chi connectivity index (χ1n) is 5.78. The summed E-state index contributed by atoms with van der Waals surface area (Å²) in [5.74, 6) is 0.808. The van der Waals surface area contributed by atoms with Gasteiger partial charge in [-0.2, -0.15) is 0 Å². The molecule has 0 saturated carbocycles. The highest BCUT2D eigenvalue weighted by Gasteiger charge is 2.13. The summed E-state index contributed by atoms with van der Waals surface area (Å²) in [6, 6.07) is 11.7. The molecule has 0 radical (unpaired) electrons. The molecule has 2 aromatic carbocycles. The number of fused-ring (bicyclic) bond motifs is 1. The molecule has 0 aliphatic rings. The predicted octanol–water partition coefficient (Wildman–Crippen LogP) is 4.77. The van der Waals surface area contributed by atoms with Crippen molar-refractivity contribution in [2.24, 2.45) is 0 Å². The van der Waals surface area contributed by atoms with Crippen LogP contribution in [0.2, 0.25) is 5.02 Å². The van der Waals surface area contributed by atoms with Gasteiger partial charge >= 0.3 is 0 Å². The molecule has 0 saturated heterocycles. The molecule has 0 bridgehead atoms. The highest BCUT2D eigenvalue weighted by molar-refractivity contribution is 6.30. The van der Waals surface area contributed by atoms with Crippen LogP contribution in [0.15, 0.2) is 40.9 Å². The molecule has 3 aromatic rings. The highest BCUT2D eigenvalue weighted by atomic mass is 35.5. The van der Waals surface area contributed by atoms with Gasteiger partial charge in [-0.05, 0) is 55.3 Å². The Hall–Kier alpha value is -1.80. The van der Waals surface area contributed by atoms with Crippen molar-refractivity contribution in [2.45, 2.75) is 13.8 Å². The van der Waals surface area contributed by atoms with E-state index >= 15 is 0 Å². The predicted molar refractivity (Wildman–Crippen MR) is 73.9 cm³/mol. The van der Waals surface area contributed by atoms with E-state index in [4.69, 9.17) is 16.1 Å². The second-order valence-corrected chi connectivity index (χ2v) is 4.86. The molecule has 0 spiro atoms. The van der Waals surface area contributed by atoms with Gasteiger partial charge in [0.1, 0.15) is 5.52 Å². The van der Waals surface area contributed by atoms with Gasteiger partial charge in [0.2, 0.25) is 0 Å². The number of aromatic nitrogens is 1. The number of hydrogen-bond acceptors (Lipinski definition) is 2. The summed E-state index contributed by atoms with van der Waals surface area (Å²) >= 11 is 5.90. The lowest BCUT2D eigenvalue weighted by Gasteiger charge is -2.02. The van der Waals surface area contributed by atoms with Gasteiger partial charge in [0.25, 0.3) is 0 Å². The Kier molecular flexibility index (Phi) is 2.60. The highest BCUT2D eigenvalue weighted by Crippen LogP contribution is 2.32. The van der Waals surface area contributed by atoms with Gasteiger partial charge < -0.3 is 4.52 Å². The molecule has 18 heavy (non-hydrogen) atoms. The van der Waals surface area contributed by atoms with E-state index in [2.05, 4.69) is 25.1 Å². The zero-order valence-corrected chi connectivity index (χ0v) is 11.0. The van der Waals surface area contributed by atoms with Crippen molar-refractivity contribution in [2.75, 3.05) is 0 Å². The average molecular weight is 258 g/mol. The van der Waals surface area contributed by atoms with Crippen LogP contribution < -0.4 is 0 Å². The number of hydrogen-bond donors (Lipinski definition) is 0. The number of aryl methyl sites for hydroxylation is 2. The summed E-state index contributed by atoms with van der Waals surface area (Å²) < 4.78 is 5.48. The maximum atomic E-state index is 5.90. The number of nitrogens with zero attached hydrogens (tertiary/aromatic N) is 1. The zero-order chi connectivity index (χ0) is 12.7. The van der Waals surface area contributed by atoms with E-state index in [-0.39, 0.29) is 0 Å². The Labute approximate surface area is 110 Å². The third kappa shape index (κ3) is 1.70. The molecule has 0 fully saturated rings. The maximum absolute atomic E-state index is 5.90. The topological polar surface area (TPSA) is 26.0 Å². The van der Waals surface area contributed by atoms with Crippen molar-refractivity contribution in [3.63, 3.8) is 0 Å². The first kappa shape index (κ1) is 11.3. The normalized spacial score (nSPS) is 11.1. The fraction of sp³-hybridized carbons (Fsp3) is 0.133. The molecule has 0 aliphatic carbocycles. The van der Waals surface area contributed by atoms with E-state index in [9.17, 15) is 0 Å². The van der Waals surface area contributed by atoms with Crippen LogP contribution in [0, 0.1) is 13.8 Å². The molecule has 3 heteroatoms. The Morgan fingerprint density at radius 2 is 1.72 bits per heavy atom. The maximum Gasteiger partial charge on any atom is 0.174 e. The van der Waals surface area contributed by atoms with Crippen LogP contribution in [0.1, 0.15) is 11.1 Å². The quantitative estimate of drug-likeness (QED) is 0.628. The van der Waals surface area contributed by atoms with E-state index in [1.165, 1.54) is 11.1 Å². The standard InChI is InChI=1S/C15H12ClNO/c1-9-3-8-13-14(10(9)2)15(18-17-13)11-4-6-12(16)7-5-11/h3-8H,1-2H3. The van der Waals surface area contributed by atoms with Crippen LogP contribution >= 0.6 is 11.6 Å². The van der Waals surface area contributed by atoms with Crippen molar-refractivity contribution >= 4 is 22.5 Å². The first-order chi connectivity index (χ1) is 8.66. The van der Waals surface area contributed by atoms with Crippen LogP contribution in [0.5, 0.6) is 0 Å². The van der Waals surface area contributed by atoms with Crippen molar-refractivity contribution in [1.29, 1.82) is 0 Å². The van der Waals surface area contributed by atoms with E-state index in [1.807, 2.05) is 30.3 Å². The first-order valence-corrected chi connectivity index (χ1v) is 6.16. The summed E-state index contributed by atoms with van der Waals surface area (Å²) in [5.41, 5.74) is 4.33. The summed E-state index contributed by atoms with van der Waals surface area (Å²) in [6.07, 6.45) is 0. The Balaban J connectivity index is 2.29. The third-order valence-corrected chi connectivity index (χ3v) is 3.53. The minimum atomic E-state index is 0.718. The Bertz CT molecular complexity index is 713. The lowest BCUT2D eigenvalue weighted by molar-refractivity contribution is 0.441. The molecule has 1 aromatic heterocycles. The largest absolute Gasteiger partial charge is 0.355 e. The summed E-state index contributed by atoms with van der Waals surface area (Å²) in [4.78, 5) is 0. The lowest BCUT2D eigenvalue weighted by Crippen LogP contribution is -1.83. The molecular weight excluding hydrogens is 246 g/mol. The number of rotatable bonds is 1. The Morgan fingerprint density at radius 3 is 2.44 bits per heavy atom. The summed E-state index contributed by atoms with van der Waals surface area (Å²) in [7, 11) is 0. The molecule has 1 heterocycles. The molecular formula is C15H12ClNO. The third-order valence-electron chi connectivity index (χ3n) is 3.28. The van der Waals surface area contributed by atoms with Crippen LogP contribution in [0.3, 0.4) is 0 Å². The van der Waals surface area contributed by atoms with E-state index < -0.39 is 0 Å². The van der Waals surface area contributed by atoms with Crippen LogP contribution in [-0.4, -0.2) is 5.16 Å². The molecule has 0 atom stereocenters. The summed E-state index contributed by atoms with van der Waals surface area (Å²) in [6.45, 7) is 4.18. The fourth-order valence-electron chi connectivity index (χ4n) is 2.10. The molecule has 0 amide bonds. The van der Waals surface area contributed by atoms with Crippen LogP contribution in [0.4, 0.5) is 0 Å². The number of halogens is 1. The monoisotopic (exact) mass is 257 g/mol.